The molecule has 110 valence electrons. The van der Waals surface area contributed by atoms with Crippen molar-refractivity contribution in [1.82, 2.24) is 4.90 Å². The summed E-state index contributed by atoms with van der Waals surface area (Å²) in [5, 5.41) is 0. The van der Waals surface area contributed by atoms with Gasteiger partial charge >= 0.3 is 0 Å². The van der Waals surface area contributed by atoms with Crippen LogP contribution in [-0.2, 0) is 4.79 Å². The molecular formula is C17H25NO2. The van der Waals surface area contributed by atoms with Gasteiger partial charge in [0.1, 0.15) is 5.75 Å². The first-order valence-corrected chi connectivity index (χ1v) is 7.60. The van der Waals surface area contributed by atoms with Crippen molar-refractivity contribution in [3.8, 4) is 5.75 Å². The van der Waals surface area contributed by atoms with Crippen LogP contribution in [0.15, 0.2) is 30.3 Å². The lowest BCUT2D eigenvalue weighted by Gasteiger charge is -2.36. The average molecular weight is 275 g/mol. The van der Waals surface area contributed by atoms with Gasteiger partial charge in [-0.1, -0.05) is 39.0 Å². The van der Waals surface area contributed by atoms with Gasteiger partial charge in [-0.15, -0.1) is 0 Å². The van der Waals surface area contributed by atoms with Gasteiger partial charge in [-0.2, -0.15) is 0 Å². The van der Waals surface area contributed by atoms with Crippen LogP contribution in [-0.4, -0.2) is 30.0 Å². The Morgan fingerprint density at radius 3 is 2.40 bits per heavy atom. The smallest absolute Gasteiger partial charge is 0.263 e. The highest BCUT2D eigenvalue weighted by molar-refractivity contribution is 5.81. The molecule has 0 aliphatic carbocycles. The molecule has 1 amide bonds. The summed E-state index contributed by atoms with van der Waals surface area (Å²) in [4.78, 5) is 14.6. The van der Waals surface area contributed by atoms with Gasteiger partial charge in [0.25, 0.3) is 5.91 Å². The van der Waals surface area contributed by atoms with Crippen molar-refractivity contribution in [2.24, 2.45) is 11.8 Å². The summed E-state index contributed by atoms with van der Waals surface area (Å²) in [6.45, 7) is 8.15. The maximum Gasteiger partial charge on any atom is 0.263 e. The first-order valence-electron chi connectivity index (χ1n) is 7.60. The Kier molecular flexibility index (Phi) is 5.05. The van der Waals surface area contributed by atoms with Crippen molar-refractivity contribution >= 4 is 5.91 Å². The van der Waals surface area contributed by atoms with Gasteiger partial charge in [0.15, 0.2) is 6.10 Å². The van der Waals surface area contributed by atoms with Gasteiger partial charge in [0.05, 0.1) is 0 Å². The van der Waals surface area contributed by atoms with Gasteiger partial charge in [0, 0.05) is 13.1 Å². The first-order chi connectivity index (χ1) is 9.60. The Morgan fingerprint density at radius 2 is 1.85 bits per heavy atom. The minimum absolute atomic E-state index is 0.134. The number of amides is 1. The van der Waals surface area contributed by atoms with Gasteiger partial charge in [-0.25, -0.2) is 0 Å². The number of rotatable bonds is 4. The van der Waals surface area contributed by atoms with E-state index in [-0.39, 0.29) is 12.0 Å². The Hall–Kier alpha value is -1.51. The predicted octanol–water partition coefficient (Wildman–Crippen LogP) is 3.35. The molecule has 1 aliphatic rings. The number of piperidine rings is 1. The zero-order valence-electron chi connectivity index (χ0n) is 12.7. The zero-order chi connectivity index (χ0) is 14.5. The van der Waals surface area contributed by atoms with E-state index < -0.39 is 0 Å². The number of ether oxygens (including phenoxy) is 1. The molecule has 0 N–H and O–H groups in total. The van der Waals surface area contributed by atoms with Crippen LogP contribution >= 0.6 is 0 Å². The molecule has 20 heavy (non-hydrogen) atoms. The Bertz CT molecular complexity index is 422. The van der Waals surface area contributed by atoms with Crippen LogP contribution in [0.2, 0.25) is 0 Å². The highest BCUT2D eigenvalue weighted by atomic mass is 16.5. The number of carbonyl (C=O) groups excluding carboxylic acids is 1. The number of likely N-dealkylation sites (tertiary alicyclic amines) is 1. The summed E-state index contributed by atoms with van der Waals surface area (Å²) in [6.07, 6.45) is 1.54. The molecule has 3 atom stereocenters. The Morgan fingerprint density at radius 1 is 1.25 bits per heavy atom. The van der Waals surface area contributed by atoms with Crippen LogP contribution in [0.1, 0.15) is 33.6 Å². The van der Waals surface area contributed by atoms with Gasteiger partial charge < -0.3 is 9.64 Å². The molecule has 1 aromatic carbocycles. The molecular weight excluding hydrogens is 250 g/mol. The summed E-state index contributed by atoms with van der Waals surface area (Å²) in [6, 6.07) is 9.60. The highest BCUT2D eigenvalue weighted by Gasteiger charge is 2.30. The van der Waals surface area contributed by atoms with E-state index in [0.29, 0.717) is 18.3 Å². The summed E-state index contributed by atoms with van der Waals surface area (Å²) in [5.41, 5.74) is 0. The van der Waals surface area contributed by atoms with Crippen LogP contribution in [0.4, 0.5) is 0 Å². The Labute approximate surface area is 121 Å². The number of carbonyl (C=O) groups is 1. The van der Waals surface area contributed by atoms with Gasteiger partial charge in [0.2, 0.25) is 0 Å². The molecule has 0 bridgehead atoms. The number of hydrogen-bond acceptors (Lipinski definition) is 2. The van der Waals surface area contributed by atoms with E-state index in [2.05, 4.69) is 13.8 Å². The second-order valence-electron chi connectivity index (χ2n) is 6.02. The molecule has 0 aromatic heterocycles. The predicted molar refractivity (Wildman–Crippen MR) is 80.7 cm³/mol. The summed E-state index contributed by atoms with van der Waals surface area (Å²) >= 11 is 0. The van der Waals surface area contributed by atoms with E-state index in [4.69, 9.17) is 4.74 Å². The summed E-state index contributed by atoms with van der Waals surface area (Å²) in [7, 11) is 0. The maximum absolute atomic E-state index is 12.6. The minimum atomic E-state index is -0.366. The quantitative estimate of drug-likeness (QED) is 0.843. The van der Waals surface area contributed by atoms with E-state index in [9.17, 15) is 4.79 Å². The third-order valence-corrected chi connectivity index (χ3v) is 3.85. The summed E-state index contributed by atoms with van der Waals surface area (Å²) in [5.74, 6) is 2.06. The third-order valence-electron chi connectivity index (χ3n) is 3.85. The van der Waals surface area contributed by atoms with Crippen LogP contribution in [0, 0.1) is 11.8 Å². The van der Waals surface area contributed by atoms with Crippen molar-refractivity contribution < 1.29 is 9.53 Å². The maximum atomic E-state index is 12.6. The molecule has 1 heterocycles. The lowest BCUT2D eigenvalue weighted by Crippen LogP contribution is -2.48. The van der Waals surface area contributed by atoms with E-state index in [1.165, 1.54) is 6.42 Å². The first kappa shape index (κ1) is 14.9. The number of benzene rings is 1. The van der Waals surface area contributed by atoms with E-state index in [1.807, 2.05) is 42.2 Å². The van der Waals surface area contributed by atoms with E-state index in [1.54, 1.807) is 0 Å². The molecule has 3 nitrogen and oxygen atoms in total. The molecule has 1 fully saturated rings. The molecule has 0 unspecified atom stereocenters. The summed E-state index contributed by atoms with van der Waals surface area (Å²) < 4.78 is 5.86. The fourth-order valence-electron chi connectivity index (χ4n) is 3.02. The van der Waals surface area contributed by atoms with Crippen LogP contribution in [0.25, 0.3) is 0 Å². The highest BCUT2D eigenvalue weighted by Crippen LogP contribution is 2.23. The van der Waals surface area contributed by atoms with Crippen LogP contribution in [0.5, 0.6) is 5.75 Å². The number of nitrogens with zero attached hydrogens (tertiary/aromatic N) is 1. The third kappa shape index (κ3) is 3.75. The number of para-hydroxylation sites is 1. The van der Waals surface area contributed by atoms with Crippen molar-refractivity contribution in [2.45, 2.75) is 39.7 Å². The minimum Gasteiger partial charge on any atom is -0.481 e. The van der Waals surface area contributed by atoms with Crippen LogP contribution in [0.3, 0.4) is 0 Å². The molecule has 1 saturated heterocycles. The lowest BCUT2D eigenvalue weighted by atomic mass is 9.91. The SMILES string of the molecule is CC[C@@H](Oc1ccccc1)C(=O)N1C[C@H](C)C[C@H](C)C1. The van der Waals surface area contributed by atoms with Crippen LogP contribution < -0.4 is 4.74 Å². The molecule has 1 aliphatic heterocycles. The van der Waals surface area contributed by atoms with Gasteiger partial charge in [-0.3, -0.25) is 4.79 Å². The monoisotopic (exact) mass is 275 g/mol. The van der Waals surface area contributed by atoms with E-state index in [0.717, 1.165) is 18.8 Å². The normalized spacial score (nSPS) is 24.2. The molecule has 3 heteroatoms. The van der Waals surface area contributed by atoms with E-state index >= 15 is 0 Å². The fourth-order valence-corrected chi connectivity index (χ4v) is 3.02. The zero-order valence-corrected chi connectivity index (χ0v) is 12.7. The molecule has 0 spiro atoms. The standard InChI is InChI=1S/C17H25NO2/c1-4-16(20-15-8-6-5-7-9-15)17(19)18-11-13(2)10-14(3)12-18/h5-9,13-14,16H,4,10-12H2,1-3H3/t13-,14+,16-/m1/s1. The van der Waals surface area contributed by atoms with Crippen molar-refractivity contribution in [1.29, 1.82) is 0 Å². The van der Waals surface area contributed by atoms with Crippen molar-refractivity contribution in [3.63, 3.8) is 0 Å². The largest absolute Gasteiger partial charge is 0.481 e. The molecule has 0 saturated carbocycles. The molecule has 1 aromatic rings. The second kappa shape index (κ2) is 6.78. The molecule has 0 radical (unpaired) electrons. The van der Waals surface area contributed by atoms with Crippen molar-refractivity contribution in [2.75, 3.05) is 13.1 Å². The second-order valence-corrected chi connectivity index (χ2v) is 6.02. The Balaban J connectivity index is 2.01. The lowest BCUT2D eigenvalue weighted by molar-refractivity contribution is -0.141. The average Bonchev–Trinajstić information content (AvgIpc) is 2.44. The van der Waals surface area contributed by atoms with Gasteiger partial charge in [-0.05, 0) is 36.8 Å². The van der Waals surface area contributed by atoms with Crippen molar-refractivity contribution in [3.05, 3.63) is 30.3 Å². The topological polar surface area (TPSA) is 29.5 Å². The molecule has 2 rings (SSSR count). The fraction of sp³-hybridized carbons (Fsp3) is 0.588. The number of hydrogen-bond donors (Lipinski definition) is 0.